The van der Waals surface area contributed by atoms with Crippen molar-refractivity contribution in [3.63, 3.8) is 0 Å². The lowest BCUT2D eigenvalue weighted by Crippen LogP contribution is -2.20. The summed E-state index contributed by atoms with van der Waals surface area (Å²) in [5.41, 5.74) is 6.23. The second-order valence-corrected chi connectivity index (χ2v) is 12.0. The van der Waals surface area contributed by atoms with Crippen LogP contribution in [-0.4, -0.2) is 28.3 Å². The third-order valence-electron chi connectivity index (χ3n) is 6.19. The molecule has 0 bridgehead atoms. The van der Waals surface area contributed by atoms with Crippen LogP contribution >= 0.6 is 19.2 Å². The van der Waals surface area contributed by atoms with Crippen LogP contribution in [0.4, 0.5) is 11.5 Å². The van der Waals surface area contributed by atoms with E-state index in [1.165, 1.54) is 11.9 Å². The molecule has 2 heterocycles. The molecule has 0 spiro atoms. The van der Waals surface area contributed by atoms with Gasteiger partial charge < -0.3 is 9.05 Å². The maximum Gasteiger partial charge on any atom is 0.331 e. The van der Waals surface area contributed by atoms with E-state index in [4.69, 9.17) is 20.6 Å². The number of fused-ring (bicyclic) bond motifs is 1. The standard InChI is InChI=1S/C26H33ClN3O3P/c1-18(2)32-34(31,33-19(3)4)16-20-7-9-21(10-8-20)22-11-13-23(14-12-22)30-15-5-6-24-25(27)28-17-29-26(24)30/h6,11-15,17-21H,7-10,16H2,1-4H3/t20-,21-. The van der Waals surface area contributed by atoms with Crippen molar-refractivity contribution in [1.29, 1.82) is 0 Å². The SMILES string of the molecule is CC(C)OP(=O)(C[C@H]1CC[C@H](c2ccc(N3C=C=Cc4c(Cl)ncnc43)cc2)CC1)OC(C)C. The Morgan fingerprint density at radius 1 is 1.06 bits per heavy atom. The summed E-state index contributed by atoms with van der Waals surface area (Å²) in [5, 5.41) is 0.422. The summed E-state index contributed by atoms with van der Waals surface area (Å²) in [6.07, 6.45) is 9.64. The lowest BCUT2D eigenvalue weighted by atomic mass is 9.79. The molecule has 1 aromatic heterocycles. The molecule has 182 valence electrons. The average Bonchev–Trinajstić information content (AvgIpc) is 2.78. The van der Waals surface area contributed by atoms with Crippen LogP contribution in [0.1, 0.15) is 70.4 Å². The summed E-state index contributed by atoms with van der Waals surface area (Å²) in [6, 6.07) is 8.63. The zero-order chi connectivity index (χ0) is 24.3. The van der Waals surface area contributed by atoms with Crippen LogP contribution in [0.2, 0.25) is 5.15 Å². The summed E-state index contributed by atoms with van der Waals surface area (Å²) in [7, 11) is -3.08. The summed E-state index contributed by atoms with van der Waals surface area (Å²) in [5.74, 6) is 1.62. The first-order valence-corrected chi connectivity index (χ1v) is 14.1. The Morgan fingerprint density at radius 3 is 2.32 bits per heavy atom. The van der Waals surface area contributed by atoms with Gasteiger partial charge >= 0.3 is 7.60 Å². The van der Waals surface area contributed by atoms with Gasteiger partial charge in [0.15, 0.2) is 0 Å². The van der Waals surface area contributed by atoms with E-state index < -0.39 is 7.60 Å². The van der Waals surface area contributed by atoms with Gasteiger partial charge in [0.05, 0.1) is 30.1 Å². The molecular weight excluding hydrogens is 469 g/mol. The normalized spacial score (nSPS) is 20.3. The van der Waals surface area contributed by atoms with Gasteiger partial charge in [-0.05, 0) is 89.0 Å². The van der Waals surface area contributed by atoms with Gasteiger partial charge in [-0.3, -0.25) is 9.46 Å². The van der Waals surface area contributed by atoms with Crippen LogP contribution in [0.25, 0.3) is 6.08 Å². The quantitative estimate of drug-likeness (QED) is 0.209. The van der Waals surface area contributed by atoms with Crippen LogP contribution in [0.3, 0.4) is 0 Å². The molecular formula is C26H33ClN3O3P. The monoisotopic (exact) mass is 501 g/mol. The number of halogens is 1. The Labute approximate surface area is 207 Å². The topological polar surface area (TPSA) is 64.5 Å². The summed E-state index contributed by atoms with van der Waals surface area (Å²) in [6.45, 7) is 7.64. The van der Waals surface area contributed by atoms with E-state index in [1.807, 2.05) is 38.8 Å². The fourth-order valence-corrected chi connectivity index (χ4v) is 7.48. The van der Waals surface area contributed by atoms with Crippen molar-refractivity contribution in [2.75, 3.05) is 11.1 Å². The first-order valence-electron chi connectivity index (χ1n) is 12.0. The highest BCUT2D eigenvalue weighted by atomic mass is 35.5. The largest absolute Gasteiger partial charge is 0.331 e. The molecule has 1 aromatic carbocycles. The fraction of sp³-hybridized carbons (Fsp3) is 0.500. The maximum atomic E-state index is 13.3. The second kappa shape index (κ2) is 10.8. The molecule has 34 heavy (non-hydrogen) atoms. The first-order chi connectivity index (χ1) is 16.2. The molecule has 4 rings (SSSR count). The predicted octanol–water partition coefficient (Wildman–Crippen LogP) is 7.72. The number of benzene rings is 1. The Morgan fingerprint density at radius 2 is 1.71 bits per heavy atom. The molecule has 6 nitrogen and oxygen atoms in total. The lowest BCUT2D eigenvalue weighted by Gasteiger charge is -2.32. The highest BCUT2D eigenvalue weighted by molar-refractivity contribution is 7.53. The highest BCUT2D eigenvalue weighted by Crippen LogP contribution is 2.54. The van der Waals surface area contributed by atoms with Crippen LogP contribution in [0.15, 0.2) is 42.5 Å². The zero-order valence-electron chi connectivity index (χ0n) is 20.3. The van der Waals surface area contributed by atoms with Gasteiger partial charge in [0, 0.05) is 5.69 Å². The summed E-state index contributed by atoms with van der Waals surface area (Å²) in [4.78, 5) is 10.4. The van der Waals surface area contributed by atoms with Gasteiger partial charge in [-0.25, -0.2) is 9.97 Å². The molecule has 1 aliphatic heterocycles. The summed E-state index contributed by atoms with van der Waals surface area (Å²) < 4.78 is 24.8. The average molecular weight is 502 g/mol. The zero-order valence-corrected chi connectivity index (χ0v) is 21.9. The van der Waals surface area contributed by atoms with Crippen molar-refractivity contribution in [3.05, 3.63) is 58.8 Å². The molecule has 1 saturated carbocycles. The number of hydrogen-bond donors (Lipinski definition) is 0. The molecule has 1 aliphatic carbocycles. The molecule has 0 amide bonds. The van der Waals surface area contributed by atoms with Crippen LogP contribution in [-0.2, 0) is 13.6 Å². The Balaban J connectivity index is 1.39. The second-order valence-electron chi connectivity index (χ2n) is 9.62. The van der Waals surface area contributed by atoms with Crippen molar-refractivity contribution >= 4 is 36.8 Å². The van der Waals surface area contributed by atoms with Crippen molar-refractivity contribution in [1.82, 2.24) is 9.97 Å². The van der Waals surface area contributed by atoms with Crippen LogP contribution in [0, 0.1) is 5.92 Å². The minimum atomic E-state index is -3.08. The smallest absolute Gasteiger partial charge is 0.306 e. The minimum Gasteiger partial charge on any atom is -0.306 e. The van der Waals surface area contributed by atoms with Crippen LogP contribution in [0.5, 0.6) is 0 Å². The van der Waals surface area contributed by atoms with Crippen molar-refractivity contribution in [2.45, 2.75) is 71.5 Å². The predicted molar refractivity (Wildman–Crippen MR) is 138 cm³/mol. The highest BCUT2D eigenvalue weighted by Gasteiger charge is 2.34. The molecule has 2 aromatic rings. The first kappa shape index (κ1) is 25.2. The van der Waals surface area contributed by atoms with Gasteiger partial charge in [0.25, 0.3) is 0 Å². The fourth-order valence-electron chi connectivity index (χ4n) is 4.79. The summed E-state index contributed by atoms with van der Waals surface area (Å²) >= 11 is 6.23. The molecule has 8 heteroatoms. The van der Waals surface area contributed by atoms with E-state index in [0.29, 0.717) is 23.2 Å². The van der Waals surface area contributed by atoms with E-state index in [-0.39, 0.29) is 12.2 Å². The van der Waals surface area contributed by atoms with Crippen molar-refractivity contribution < 1.29 is 13.6 Å². The van der Waals surface area contributed by atoms with Gasteiger partial charge in [0.2, 0.25) is 0 Å². The third-order valence-corrected chi connectivity index (χ3v) is 8.94. The molecule has 0 atom stereocenters. The van der Waals surface area contributed by atoms with E-state index in [2.05, 4.69) is 40.0 Å². The van der Waals surface area contributed by atoms with Crippen LogP contribution < -0.4 is 4.90 Å². The lowest BCUT2D eigenvalue weighted by molar-refractivity contribution is 0.138. The molecule has 0 saturated heterocycles. The van der Waals surface area contributed by atoms with E-state index in [0.717, 1.165) is 42.8 Å². The maximum absolute atomic E-state index is 13.3. The number of anilines is 2. The van der Waals surface area contributed by atoms with E-state index in [1.54, 1.807) is 6.08 Å². The third kappa shape index (κ3) is 6.00. The molecule has 0 N–H and O–H groups in total. The van der Waals surface area contributed by atoms with Gasteiger partial charge in [-0.15, -0.1) is 5.73 Å². The number of nitrogens with zero attached hydrogens (tertiary/aromatic N) is 3. The molecule has 2 aliphatic rings. The van der Waals surface area contributed by atoms with Gasteiger partial charge in [-0.2, -0.15) is 0 Å². The van der Waals surface area contributed by atoms with Gasteiger partial charge in [0.1, 0.15) is 17.3 Å². The van der Waals surface area contributed by atoms with E-state index in [9.17, 15) is 4.57 Å². The molecule has 1 fully saturated rings. The Kier molecular flexibility index (Phi) is 7.97. The number of aromatic nitrogens is 2. The molecule has 0 radical (unpaired) electrons. The minimum absolute atomic E-state index is 0.112. The van der Waals surface area contributed by atoms with Gasteiger partial charge in [-0.1, -0.05) is 23.7 Å². The molecule has 0 unspecified atom stereocenters. The Bertz CT molecular complexity index is 1090. The van der Waals surface area contributed by atoms with Crippen molar-refractivity contribution in [3.8, 4) is 0 Å². The Hall–Kier alpha value is -1.94. The van der Waals surface area contributed by atoms with Crippen molar-refractivity contribution in [2.24, 2.45) is 5.92 Å². The van der Waals surface area contributed by atoms with E-state index >= 15 is 0 Å². The number of hydrogen-bond acceptors (Lipinski definition) is 6. The number of rotatable bonds is 8.